The topological polar surface area (TPSA) is 64.2 Å². The summed E-state index contributed by atoms with van der Waals surface area (Å²) in [6.07, 6.45) is 6.13. The summed E-state index contributed by atoms with van der Waals surface area (Å²) in [6, 6.07) is 16.5. The first kappa shape index (κ1) is 21.3. The van der Waals surface area contributed by atoms with Gasteiger partial charge >= 0.3 is 0 Å². The number of hydrogen-bond acceptors (Lipinski definition) is 3. The molecule has 0 saturated carbocycles. The van der Waals surface area contributed by atoms with Crippen molar-refractivity contribution in [1.29, 1.82) is 0 Å². The van der Waals surface area contributed by atoms with Crippen LogP contribution in [0.1, 0.15) is 40.4 Å². The van der Waals surface area contributed by atoms with Crippen molar-refractivity contribution in [2.24, 2.45) is 12.8 Å². The summed E-state index contributed by atoms with van der Waals surface area (Å²) in [7, 11) is 2.01. The smallest absolute Gasteiger partial charge is 0.248 e. The summed E-state index contributed by atoms with van der Waals surface area (Å²) in [5.74, 6) is -0.168. The van der Waals surface area contributed by atoms with Crippen molar-refractivity contribution >= 4 is 16.8 Å². The van der Waals surface area contributed by atoms with Crippen LogP contribution in [0.2, 0.25) is 0 Å². The Kier molecular flexibility index (Phi) is 5.68. The second-order valence-corrected chi connectivity index (χ2v) is 8.89. The van der Waals surface area contributed by atoms with E-state index >= 15 is 0 Å². The third kappa shape index (κ3) is 4.39. The molecule has 0 unspecified atom stereocenters. The summed E-state index contributed by atoms with van der Waals surface area (Å²) >= 11 is 0. The SMILES string of the molecule is Cn1cc(CN2CCC(c3ccc(-c4ccc(C(N)=O)cc4)cn3)CC2)c2cc(F)ccc21. The van der Waals surface area contributed by atoms with Crippen LogP contribution in [0.3, 0.4) is 0 Å². The van der Waals surface area contributed by atoms with E-state index in [-0.39, 0.29) is 5.82 Å². The number of nitrogens with zero attached hydrogens (tertiary/aromatic N) is 3. The van der Waals surface area contributed by atoms with Gasteiger partial charge in [0.1, 0.15) is 5.82 Å². The summed E-state index contributed by atoms with van der Waals surface area (Å²) in [6.45, 7) is 2.82. The minimum Gasteiger partial charge on any atom is -0.366 e. The number of benzene rings is 2. The first-order chi connectivity index (χ1) is 16.0. The molecule has 1 saturated heterocycles. The highest BCUT2D eigenvalue weighted by atomic mass is 19.1. The van der Waals surface area contributed by atoms with Crippen LogP contribution in [0.4, 0.5) is 4.39 Å². The lowest BCUT2D eigenvalue weighted by Crippen LogP contribution is -2.32. The molecule has 0 radical (unpaired) electrons. The number of piperidine rings is 1. The van der Waals surface area contributed by atoms with Crippen LogP contribution in [0.5, 0.6) is 0 Å². The number of pyridine rings is 1. The van der Waals surface area contributed by atoms with E-state index in [1.54, 1.807) is 18.2 Å². The molecule has 168 valence electrons. The van der Waals surface area contributed by atoms with Gasteiger partial charge < -0.3 is 10.3 Å². The third-order valence-electron chi connectivity index (χ3n) is 6.72. The molecule has 5 rings (SSSR count). The number of carbonyl (C=O) groups is 1. The summed E-state index contributed by atoms with van der Waals surface area (Å²) in [5.41, 5.74) is 11.2. The first-order valence-electron chi connectivity index (χ1n) is 11.3. The summed E-state index contributed by atoms with van der Waals surface area (Å²) < 4.78 is 15.9. The zero-order chi connectivity index (χ0) is 22.9. The molecule has 33 heavy (non-hydrogen) atoms. The number of nitrogens with two attached hydrogens (primary N) is 1. The molecule has 0 atom stereocenters. The average Bonchev–Trinajstić information content (AvgIpc) is 3.14. The Morgan fingerprint density at radius 1 is 1.06 bits per heavy atom. The summed E-state index contributed by atoms with van der Waals surface area (Å²) in [5, 5.41) is 1.00. The van der Waals surface area contributed by atoms with E-state index in [1.807, 2.05) is 31.4 Å². The van der Waals surface area contributed by atoms with E-state index in [0.717, 1.165) is 60.2 Å². The zero-order valence-electron chi connectivity index (χ0n) is 18.7. The highest BCUT2D eigenvalue weighted by Crippen LogP contribution is 2.30. The van der Waals surface area contributed by atoms with Gasteiger partial charge in [-0.15, -0.1) is 0 Å². The quantitative estimate of drug-likeness (QED) is 0.480. The Morgan fingerprint density at radius 3 is 2.45 bits per heavy atom. The third-order valence-corrected chi connectivity index (χ3v) is 6.72. The molecule has 5 nitrogen and oxygen atoms in total. The van der Waals surface area contributed by atoms with Gasteiger partial charge in [0.15, 0.2) is 0 Å². The molecular weight excluding hydrogens is 415 g/mol. The van der Waals surface area contributed by atoms with Crippen LogP contribution in [0, 0.1) is 5.82 Å². The van der Waals surface area contributed by atoms with Gasteiger partial charge in [-0.1, -0.05) is 18.2 Å². The lowest BCUT2D eigenvalue weighted by atomic mass is 9.92. The normalized spacial score (nSPS) is 15.2. The van der Waals surface area contributed by atoms with Crippen molar-refractivity contribution in [3.05, 3.63) is 89.6 Å². The number of hydrogen-bond donors (Lipinski definition) is 1. The molecule has 0 bridgehead atoms. The van der Waals surface area contributed by atoms with Crippen molar-refractivity contribution in [3.8, 4) is 11.1 Å². The molecule has 3 heterocycles. The zero-order valence-corrected chi connectivity index (χ0v) is 18.7. The molecule has 1 aliphatic rings. The van der Waals surface area contributed by atoms with Crippen LogP contribution in [-0.2, 0) is 13.6 Å². The average molecular weight is 443 g/mol. The molecule has 1 aliphatic heterocycles. The number of aryl methyl sites for hydroxylation is 1. The fourth-order valence-electron chi connectivity index (χ4n) is 4.84. The molecule has 1 amide bonds. The maximum Gasteiger partial charge on any atom is 0.248 e. The molecule has 6 heteroatoms. The van der Waals surface area contributed by atoms with Crippen LogP contribution >= 0.6 is 0 Å². The van der Waals surface area contributed by atoms with Crippen LogP contribution < -0.4 is 5.73 Å². The molecule has 2 N–H and O–H groups in total. The first-order valence-corrected chi connectivity index (χ1v) is 11.3. The van der Waals surface area contributed by atoms with Crippen LogP contribution in [0.15, 0.2) is 67.0 Å². The van der Waals surface area contributed by atoms with Crippen molar-refractivity contribution in [2.75, 3.05) is 13.1 Å². The fourth-order valence-corrected chi connectivity index (χ4v) is 4.84. The molecule has 2 aromatic carbocycles. The van der Waals surface area contributed by atoms with E-state index in [1.165, 1.54) is 11.6 Å². The fraction of sp³-hybridized carbons (Fsp3) is 0.259. The Morgan fingerprint density at radius 2 is 1.79 bits per heavy atom. The molecule has 1 fully saturated rings. The summed E-state index contributed by atoms with van der Waals surface area (Å²) in [4.78, 5) is 18.4. The standard InChI is InChI=1S/C27H27FN4O/c1-31-16-22(24-14-23(28)7-9-26(24)31)17-32-12-10-19(11-13-32)25-8-6-21(15-30-25)18-2-4-20(5-3-18)27(29)33/h2-9,14-16,19H,10-13,17H2,1H3,(H2,29,33). The maximum absolute atomic E-state index is 13.8. The minimum atomic E-state index is -0.422. The molecule has 0 spiro atoms. The molecule has 2 aromatic heterocycles. The van der Waals surface area contributed by atoms with Crippen LogP contribution in [-0.4, -0.2) is 33.4 Å². The number of rotatable bonds is 5. The number of amides is 1. The number of likely N-dealkylation sites (tertiary alicyclic amines) is 1. The van der Waals surface area contributed by atoms with Crippen molar-refractivity contribution in [3.63, 3.8) is 0 Å². The highest BCUT2D eigenvalue weighted by molar-refractivity contribution is 5.93. The van der Waals surface area contributed by atoms with Gasteiger partial charge in [0.25, 0.3) is 0 Å². The predicted octanol–water partition coefficient (Wildman–Crippen LogP) is 4.86. The van der Waals surface area contributed by atoms with Crippen LogP contribution in [0.25, 0.3) is 22.0 Å². The second kappa shape index (κ2) is 8.79. The van der Waals surface area contributed by atoms with Crippen molar-refractivity contribution in [1.82, 2.24) is 14.5 Å². The van der Waals surface area contributed by atoms with Gasteiger partial charge in [0.05, 0.1) is 0 Å². The van der Waals surface area contributed by atoms with Crippen molar-refractivity contribution < 1.29 is 9.18 Å². The largest absolute Gasteiger partial charge is 0.366 e. The molecule has 0 aliphatic carbocycles. The van der Waals surface area contributed by atoms with Gasteiger partial charge in [-0.3, -0.25) is 14.7 Å². The van der Waals surface area contributed by atoms with Gasteiger partial charge in [0.2, 0.25) is 5.91 Å². The van der Waals surface area contributed by atoms with E-state index in [2.05, 4.69) is 27.8 Å². The number of aromatic nitrogens is 2. The van der Waals surface area contributed by atoms with Gasteiger partial charge in [-0.05, 0) is 73.5 Å². The lowest BCUT2D eigenvalue weighted by molar-refractivity contribution is 0.100. The number of fused-ring (bicyclic) bond motifs is 1. The van der Waals surface area contributed by atoms with Gasteiger partial charge in [-0.2, -0.15) is 0 Å². The molecular formula is C27H27FN4O. The predicted molar refractivity (Wildman–Crippen MR) is 128 cm³/mol. The maximum atomic E-state index is 13.8. The highest BCUT2D eigenvalue weighted by Gasteiger charge is 2.22. The monoisotopic (exact) mass is 442 g/mol. The van der Waals surface area contributed by atoms with E-state index in [9.17, 15) is 9.18 Å². The molecule has 4 aromatic rings. The van der Waals surface area contributed by atoms with E-state index in [4.69, 9.17) is 10.7 Å². The Bertz CT molecular complexity index is 1290. The van der Waals surface area contributed by atoms with E-state index < -0.39 is 5.91 Å². The minimum absolute atomic E-state index is 0.188. The number of primary amides is 1. The Balaban J connectivity index is 1.22. The lowest BCUT2D eigenvalue weighted by Gasteiger charge is -2.31. The van der Waals surface area contributed by atoms with Crippen molar-refractivity contribution in [2.45, 2.75) is 25.3 Å². The Hall–Kier alpha value is -3.51. The van der Waals surface area contributed by atoms with E-state index in [0.29, 0.717) is 11.5 Å². The number of carbonyl (C=O) groups excluding carboxylic acids is 1. The van der Waals surface area contributed by atoms with Gasteiger partial charge in [-0.25, -0.2) is 4.39 Å². The second-order valence-electron chi connectivity index (χ2n) is 8.89. The van der Waals surface area contributed by atoms with Gasteiger partial charge in [0, 0.05) is 59.6 Å². The Labute approximate surface area is 192 Å². The number of halogens is 1.